The fourth-order valence-electron chi connectivity index (χ4n) is 1.53. The van der Waals surface area contributed by atoms with Crippen LogP contribution < -0.4 is 5.32 Å². The van der Waals surface area contributed by atoms with Gasteiger partial charge in [0.2, 0.25) is 0 Å². The first-order valence-electron chi connectivity index (χ1n) is 5.10. The Morgan fingerprint density at radius 3 is 2.69 bits per heavy atom. The first-order valence-corrected chi connectivity index (χ1v) is 5.10. The zero-order valence-corrected chi connectivity index (χ0v) is 8.95. The fraction of sp³-hybridized carbons (Fsp3) is 0.455. The van der Waals surface area contributed by atoms with Gasteiger partial charge in [0.15, 0.2) is 0 Å². The molecule has 1 aromatic rings. The number of aryl methyl sites for hydroxylation is 1. The van der Waals surface area contributed by atoms with E-state index in [1.807, 2.05) is 0 Å². The molecule has 5 nitrogen and oxygen atoms in total. The minimum Gasteiger partial charge on any atom is -0.481 e. The molecule has 0 spiro atoms. The Kier molecular flexibility index (Phi) is 2.46. The van der Waals surface area contributed by atoms with Crippen molar-refractivity contribution < 1.29 is 19.1 Å². The standard InChI is InChI=1S/C11H13NO4/c1-7-4-8(5-16-7)9(13)12-6-11(2-3-11)10(14)15/h4-5H,2-3,6H2,1H3,(H,12,13)(H,14,15). The number of rotatable bonds is 4. The van der Waals surface area contributed by atoms with Gasteiger partial charge in [0, 0.05) is 6.54 Å². The zero-order valence-electron chi connectivity index (χ0n) is 8.95. The van der Waals surface area contributed by atoms with Gasteiger partial charge < -0.3 is 14.8 Å². The van der Waals surface area contributed by atoms with Gasteiger partial charge in [0.25, 0.3) is 5.91 Å². The molecule has 16 heavy (non-hydrogen) atoms. The lowest BCUT2D eigenvalue weighted by Gasteiger charge is -2.09. The van der Waals surface area contributed by atoms with E-state index in [2.05, 4.69) is 5.32 Å². The van der Waals surface area contributed by atoms with E-state index in [1.165, 1.54) is 6.26 Å². The third-order valence-corrected chi connectivity index (χ3v) is 2.89. The van der Waals surface area contributed by atoms with Crippen molar-refractivity contribution in [2.75, 3.05) is 6.54 Å². The van der Waals surface area contributed by atoms with Gasteiger partial charge in [-0.05, 0) is 25.8 Å². The maximum atomic E-state index is 11.6. The zero-order chi connectivity index (χ0) is 11.8. The molecule has 1 aliphatic carbocycles. The van der Waals surface area contributed by atoms with E-state index in [0.29, 0.717) is 24.2 Å². The van der Waals surface area contributed by atoms with Crippen LogP contribution in [0.4, 0.5) is 0 Å². The summed E-state index contributed by atoms with van der Waals surface area (Å²) in [7, 11) is 0. The number of nitrogens with one attached hydrogen (secondary N) is 1. The summed E-state index contributed by atoms with van der Waals surface area (Å²) < 4.78 is 5.00. The Hall–Kier alpha value is -1.78. The van der Waals surface area contributed by atoms with Gasteiger partial charge in [-0.15, -0.1) is 0 Å². The maximum Gasteiger partial charge on any atom is 0.311 e. The first kappa shape index (κ1) is 10.7. The van der Waals surface area contributed by atoms with Gasteiger partial charge >= 0.3 is 5.97 Å². The SMILES string of the molecule is Cc1cc(C(=O)NCC2(C(=O)O)CC2)co1. The molecule has 0 atom stereocenters. The number of hydrogen-bond donors (Lipinski definition) is 2. The van der Waals surface area contributed by atoms with Crippen LogP contribution in [0.25, 0.3) is 0 Å². The predicted octanol–water partition coefficient (Wildman–Crippen LogP) is 1.18. The molecule has 1 aliphatic rings. The lowest BCUT2D eigenvalue weighted by molar-refractivity contribution is -0.143. The maximum absolute atomic E-state index is 11.6. The second kappa shape index (κ2) is 3.66. The van der Waals surface area contributed by atoms with Crippen molar-refractivity contribution in [3.05, 3.63) is 23.7 Å². The highest BCUT2D eigenvalue weighted by atomic mass is 16.4. The number of carboxylic acid groups (broad SMARTS) is 1. The summed E-state index contributed by atoms with van der Waals surface area (Å²) in [5.41, 5.74) is -0.298. The van der Waals surface area contributed by atoms with E-state index < -0.39 is 11.4 Å². The van der Waals surface area contributed by atoms with Gasteiger partial charge in [-0.3, -0.25) is 9.59 Å². The van der Waals surface area contributed by atoms with Crippen LogP contribution >= 0.6 is 0 Å². The molecule has 1 aromatic heterocycles. The second-order valence-electron chi connectivity index (χ2n) is 4.21. The normalized spacial score (nSPS) is 16.8. The van der Waals surface area contributed by atoms with Gasteiger partial charge in [0.1, 0.15) is 12.0 Å². The number of carbonyl (C=O) groups is 2. The highest BCUT2D eigenvalue weighted by molar-refractivity contribution is 5.94. The van der Waals surface area contributed by atoms with Crippen molar-refractivity contribution in [2.45, 2.75) is 19.8 Å². The Balaban J connectivity index is 1.92. The Morgan fingerprint density at radius 1 is 1.56 bits per heavy atom. The molecule has 0 unspecified atom stereocenters. The van der Waals surface area contributed by atoms with Crippen LogP contribution in [0.1, 0.15) is 29.0 Å². The highest BCUT2D eigenvalue weighted by Crippen LogP contribution is 2.45. The molecule has 0 aromatic carbocycles. The van der Waals surface area contributed by atoms with Gasteiger partial charge in [-0.25, -0.2) is 0 Å². The van der Waals surface area contributed by atoms with Crippen LogP contribution in [0.5, 0.6) is 0 Å². The molecule has 2 rings (SSSR count). The van der Waals surface area contributed by atoms with Crippen molar-refractivity contribution in [1.82, 2.24) is 5.32 Å². The van der Waals surface area contributed by atoms with Gasteiger partial charge in [-0.1, -0.05) is 0 Å². The summed E-state index contributed by atoms with van der Waals surface area (Å²) in [4.78, 5) is 22.5. The lowest BCUT2D eigenvalue weighted by Crippen LogP contribution is -2.34. The third kappa shape index (κ3) is 1.93. The van der Waals surface area contributed by atoms with E-state index in [4.69, 9.17) is 9.52 Å². The number of carboxylic acids is 1. The van der Waals surface area contributed by atoms with Crippen LogP contribution in [0.2, 0.25) is 0 Å². The molecule has 2 N–H and O–H groups in total. The molecule has 5 heteroatoms. The van der Waals surface area contributed by atoms with E-state index in [-0.39, 0.29) is 12.5 Å². The van der Waals surface area contributed by atoms with Gasteiger partial charge in [0.05, 0.1) is 11.0 Å². The Labute approximate surface area is 92.4 Å². The summed E-state index contributed by atoms with van der Waals surface area (Å²) in [6.07, 6.45) is 2.63. The summed E-state index contributed by atoms with van der Waals surface area (Å²) in [5.74, 6) is -0.468. The molecule has 0 radical (unpaired) electrons. The average molecular weight is 223 g/mol. The predicted molar refractivity (Wildman–Crippen MR) is 55.1 cm³/mol. The quantitative estimate of drug-likeness (QED) is 0.803. The molecule has 1 fully saturated rings. The van der Waals surface area contributed by atoms with Crippen molar-refractivity contribution in [1.29, 1.82) is 0 Å². The van der Waals surface area contributed by atoms with Crippen molar-refractivity contribution >= 4 is 11.9 Å². The van der Waals surface area contributed by atoms with Crippen LogP contribution in [-0.2, 0) is 4.79 Å². The van der Waals surface area contributed by atoms with Crippen molar-refractivity contribution in [2.24, 2.45) is 5.41 Å². The number of amides is 1. The molecule has 1 heterocycles. The Bertz CT molecular complexity index is 431. The smallest absolute Gasteiger partial charge is 0.311 e. The average Bonchev–Trinajstić information content (AvgIpc) is 2.92. The number of furan rings is 1. The molecule has 1 amide bonds. The molecular formula is C11H13NO4. The number of carbonyl (C=O) groups excluding carboxylic acids is 1. The fourth-order valence-corrected chi connectivity index (χ4v) is 1.53. The van der Waals surface area contributed by atoms with Crippen LogP contribution in [0, 0.1) is 12.3 Å². The van der Waals surface area contributed by atoms with Crippen LogP contribution in [0.3, 0.4) is 0 Å². The summed E-state index contributed by atoms with van der Waals surface area (Å²) in [6.45, 7) is 1.93. The molecule has 86 valence electrons. The van der Waals surface area contributed by atoms with E-state index in [9.17, 15) is 9.59 Å². The monoisotopic (exact) mass is 223 g/mol. The summed E-state index contributed by atoms with van der Waals surface area (Å²) in [6, 6.07) is 1.62. The molecule has 0 bridgehead atoms. The van der Waals surface area contributed by atoms with Crippen LogP contribution in [-0.4, -0.2) is 23.5 Å². The van der Waals surface area contributed by atoms with E-state index >= 15 is 0 Å². The van der Waals surface area contributed by atoms with Crippen molar-refractivity contribution in [3.63, 3.8) is 0 Å². The third-order valence-electron chi connectivity index (χ3n) is 2.89. The minimum atomic E-state index is -0.837. The molecule has 1 saturated carbocycles. The van der Waals surface area contributed by atoms with E-state index in [1.54, 1.807) is 13.0 Å². The highest BCUT2D eigenvalue weighted by Gasteiger charge is 2.50. The minimum absolute atomic E-state index is 0.186. The number of hydrogen-bond acceptors (Lipinski definition) is 3. The number of aliphatic carboxylic acids is 1. The molecular weight excluding hydrogens is 210 g/mol. The molecule has 0 aliphatic heterocycles. The lowest BCUT2D eigenvalue weighted by atomic mass is 10.1. The van der Waals surface area contributed by atoms with Crippen molar-refractivity contribution in [3.8, 4) is 0 Å². The largest absolute Gasteiger partial charge is 0.481 e. The summed E-state index contributed by atoms with van der Waals surface area (Å²) in [5, 5.41) is 11.5. The van der Waals surface area contributed by atoms with E-state index in [0.717, 1.165) is 0 Å². The van der Waals surface area contributed by atoms with Crippen LogP contribution in [0.15, 0.2) is 16.7 Å². The van der Waals surface area contributed by atoms with Gasteiger partial charge in [-0.2, -0.15) is 0 Å². The Morgan fingerprint density at radius 2 is 2.25 bits per heavy atom. The second-order valence-corrected chi connectivity index (χ2v) is 4.21. The first-order chi connectivity index (χ1) is 7.53. The summed E-state index contributed by atoms with van der Waals surface area (Å²) >= 11 is 0. The molecule has 0 saturated heterocycles. The topological polar surface area (TPSA) is 79.5 Å².